The molecule has 0 saturated carbocycles. The lowest BCUT2D eigenvalue weighted by Crippen LogP contribution is -2.45. The molecule has 2 heterocycles. The number of hydrogen-bond acceptors (Lipinski definition) is 3. The lowest BCUT2D eigenvalue weighted by molar-refractivity contribution is -0.145. The highest BCUT2D eigenvalue weighted by atomic mass is 16.5. The number of piperidine rings is 1. The van der Waals surface area contributed by atoms with Gasteiger partial charge in [-0.25, -0.2) is 0 Å². The fourth-order valence-electron chi connectivity index (χ4n) is 3.22. The molecule has 5 heteroatoms. The van der Waals surface area contributed by atoms with Crippen LogP contribution in [0.3, 0.4) is 0 Å². The Bertz CT molecular complexity index is 358. The summed E-state index contributed by atoms with van der Waals surface area (Å²) in [4.78, 5) is 25.0. The van der Waals surface area contributed by atoms with Crippen molar-refractivity contribution < 1.29 is 19.4 Å². The van der Waals surface area contributed by atoms with Gasteiger partial charge >= 0.3 is 5.97 Å². The van der Waals surface area contributed by atoms with Gasteiger partial charge in [0.05, 0.1) is 6.10 Å². The van der Waals surface area contributed by atoms with Crippen molar-refractivity contribution in [2.45, 2.75) is 64.1 Å². The second-order valence-electron chi connectivity index (χ2n) is 5.96. The van der Waals surface area contributed by atoms with E-state index in [0.717, 1.165) is 38.6 Å². The van der Waals surface area contributed by atoms with E-state index in [1.807, 2.05) is 4.90 Å². The van der Waals surface area contributed by atoms with Gasteiger partial charge in [0.15, 0.2) is 0 Å². The zero-order chi connectivity index (χ0) is 14.5. The first-order chi connectivity index (χ1) is 9.60. The topological polar surface area (TPSA) is 66.8 Å². The molecule has 1 N–H and O–H groups in total. The van der Waals surface area contributed by atoms with E-state index in [1.165, 1.54) is 0 Å². The number of aliphatic carboxylic acids is 1. The van der Waals surface area contributed by atoms with E-state index in [1.54, 1.807) is 0 Å². The van der Waals surface area contributed by atoms with Gasteiger partial charge in [0, 0.05) is 19.5 Å². The third kappa shape index (κ3) is 3.95. The number of amides is 1. The molecule has 2 saturated heterocycles. The van der Waals surface area contributed by atoms with Gasteiger partial charge in [-0.15, -0.1) is 0 Å². The first-order valence-corrected chi connectivity index (χ1v) is 7.76. The molecule has 0 aromatic rings. The molecule has 0 aromatic heterocycles. The largest absolute Gasteiger partial charge is 0.481 e. The van der Waals surface area contributed by atoms with Crippen LogP contribution < -0.4 is 0 Å². The van der Waals surface area contributed by atoms with Crippen LogP contribution in [0.1, 0.15) is 51.9 Å². The van der Waals surface area contributed by atoms with Crippen LogP contribution in [0.15, 0.2) is 0 Å². The van der Waals surface area contributed by atoms with Crippen molar-refractivity contribution in [3.8, 4) is 0 Å². The van der Waals surface area contributed by atoms with Gasteiger partial charge in [-0.3, -0.25) is 9.59 Å². The lowest BCUT2D eigenvalue weighted by Gasteiger charge is -2.34. The van der Waals surface area contributed by atoms with Crippen molar-refractivity contribution in [3.63, 3.8) is 0 Å². The van der Waals surface area contributed by atoms with Gasteiger partial charge in [-0.1, -0.05) is 6.92 Å². The van der Waals surface area contributed by atoms with Crippen molar-refractivity contribution >= 4 is 11.9 Å². The van der Waals surface area contributed by atoms with Gasteiger partial charge in [0.1, 0.15) is 6.10 Å². The van der Waals surface area contributed by atoms with Crippen molar-refractivity contribution in [2.75, 3.05) is 13.1 Å². The number of ether oxygens (including phenoxy) is 1. The highest BCUT2D eigenvalue weighted by Gasteiger charge is 2.34. The molecule has 114 valence electrons. The quantitative estimate of drug-likeness (QED) is 0.838. The number of nitrogens with zero attached hydrogens (tertiary/aromatic N) is 1. The molecular formula is C15H25NO4. The summed E-state index contributed by atoms with van der Waals surface area (Å²) in [6.07, 6.45) is 5.60. The number of carboxylic acids is 1. The lowest BCUT2D eigenvalue weighted by atomic mass is 9.93. The minimum Gasteiger partial charge on any atom is -0.481 e. The van der Waals surface area contributed by atoms with Crippen molar-refractivity contribution in [1.29, 1.82) is 0 Å². The third-order valence-corrected chi connectivity index (χ3v) is 4.44. The molecule has 0 bridgehead atoms. The molecule has 0 radical (unpaired) electrons. The fourth-order valence-corrected chi connectivity index (χ4v) is 3.22. The molecule has 0 aliphatic carbocycles. The zero-order valence-corrected chi connectivity index (χ0v) is 12.2. The van der Waals surface area contributed by atoms with Crippen LogP contribution in [0.25, 0.3) is 0 Å². The monoisotopic (exact) mass is 283 g/mol. The number of carboxylic acid groups (broad SMARTS) is 1. The summed E-state index contributed by atoms with van der Waals surface area (Å²) in [5.41, 5.74) is 0. The molecule has 1 amide bonds. The first-order valence-electron chi connectivity index (χ1n) is 7.76. The van der Waals surface area contributed by atoms with Crippen molar-refractivity contribution in [2.24, 2.45) is 5.92 Å². The Labute approximate surface area is 120 Å². The van der Waals surface area contributed by atoms with E-state index in [0.29, 0.717) is 18.9 Å². The molecule has 20 heavy (non-hydrogen) atoms. The van der Waals surface area contributed by atoms with Gasteiger partial charge in [0.25, 0.3) is 5.91 Å². The molecular weight excluding hydrogens is 258 g/mol. The Balaban J connectivity index is 1.82. The minimum absolute atomic E-state index is 0.112. The fraction of sp³-hybridized carbons (Fsp3) is 0.867. The Morgan fingerprint density at radius 2 is 2.10 bits per heavy atom. The van der Waals surface area contributed by atoms with Gasteiger partial charge in [-0.2, -0.15) is 0 Å². The second kappa shape index (κ2) is 7.07. The Hall–Kier alpha value is -1.10. The highest BCUT2D eigenvalue weighted by Crippen LogP contribution is 2.26. The number of carbonyl (C=O) groups is 2. The molecule has 5 nitrogen and oxygen atoms in total. The maximum absolute atomic E-state index is 12.4. The highest BCUT2D eigenvalue weighted by molar-refractivity contribution is 5.81. The predicted octanol–water partition coefficient (Wildman–Crippen LogP) is 2.05. The van der Waals surface area contributed by atoms with Crippen LogP contribution in [0.5, 0.6) is 0 Å². The van der Waals surface area contributed by atoms with Crippen molar-refractivity contribution in [1.82, 2.24) is 4.90 Å². The number of hydrogen-bond donors (Lipinski definition) is 1. The summed E-state index contributed by atoms with van der Waals surface area (Å²) in [5, 5.41) is 8.75. The van der Waals surface area contributed by atoms with Crippen LogP contribution in [-0.2, 0) is 14.3 Å². The van der Waals surface area contributed by atoms with Crippen LogP contribution in [0.4, 0.5) is 0 Å². The SMILES string of the molecule is CCC1CCC(C(=O)N2CCCC(CCC(=O)O)C2)O1. The Morgan fingerprint density at radius 3 is 2.75 bits per heavy atom. The van der Waals surface area contributed by atoms with Crippen LogP contribution in [0, 0.1) is 5.92 Å². The Morgan fingerprint density at radius 1 is 1.30 bits per heavy atom. The second-order valence-corrected chi connectivity index (χ2v) is 5.96. The summed E-state index contributed by atoms with van der Waals surface area (Å²) in [5.74, 6) is -0.313. The molecule has 2 aliphatic heterocycles. The summed E-state index contributed by atoms with van der Waals surface area (Å²) in [6, 6.07) is 0. The summed E-state index contributed by atoms with van der Waals surface area (Å²) in [6.45, 7) is 3.57. The maximum atomic E-state index is 12.4. The van der Waals surface area contributed by atoms with Gasteiger partial charge in [-0.05, 0) is 44.4 Å². The summed E-state index contributed by atoms with van der Waals surface area (Å²) in [7, 11) is 0. The molecule has 0 spiro atoms. The van der Waals surface area contributed by atoms with E-state index < -0.39 is 5.97 Å². The normalized spacial score (nSPS) is 30.4. The van der Waals surface area contributed by atoms with Crippen LogP contribution >= 0.6 is 0 Å². The molecule has 2 aliphatic rings. The smallest absolute Gasteiger partial charge is 0.303 e. The van der Waals surface area contributed by atoms with Crippen molar-refractivity contribution in [3.05, 3.63) is 0 Å². The van der Waals surface area contributed by atoms with Gasteiger partial charge in [0.2, 0.25) is 0 Å². The van der Waals surface area contributed by atoms with Crippen LogP contribution in [-0.4, -0.2) is 47.2 Å². The predicted molar refractivity (Wildman–Crippen MR) is 74.4 cm³/mol. The molecule has 0 aromatic carbocycles. The molecule has 2 rings (SSSR count). The van der Waals surface area contributed by atoms with Crippen LogP contribution in [0.2, 0.25) is 0 Å². The van der Waals surface area contributed by atoms with E-state index in [9.17, 15) is 9.59 Å². The molecule has 3 atom stereocenters. The minimum atomic E-state index is -0.752. The van der Waals surface area contributed by atoms with E-state index in [2.05, 4.69) is 6.92 Å². The Kier molecular flexibility index (Phi) is 5.40. The maximum Gasteiger partial charge on any atom is 0.303 e. The molecule has 2 fully saturated rings. The standard InChI is InChI=1S/C15H25NO4/c1-2-12-6-7-13(20-12)15(19)16-9-3-4-11(10-16)5-8-14(17)18/h11-13H,2-10H2,1H3,(H,17,18). The van der Waals surface area contributed by atoms with E-state index >= 15 is 0 Å². The van der Waals surface area contributed by atoms with Gasteiger partial charge < -0.3 is 14.7 Å². The number of carbonyl (C=O) groups excluding carboxylic acids is 1. The third-order valence-electron chi connectivity index (χ3n) is 4.44. The number of likely N-dealkylation sites (tertiary alicyclic amines) is 1. The zero-order valence-electron chi connectivity index (χ0n) is 12.2. The van der Waals surface area contributed by atoms with E-state index in [4.69, 9.17) is 9.84 Å². The summed E-state index contributed by atoms with van der Waals surface area (Å²) >= 11 is 0. The first kappa shape index (κ1) is 15.3. The average Bonchev–Trinajstić information content (AvgIpc) is 2.93. The number of rotatable bonds is 5. The average molecular weight is 283 g/mol. The van der Waals surface area contributed by atoms with E-state index in [-0.39, 0.29) is 24.5 Å². The molecule has 3 unspecified atom stereocenters. The summed E-state index contributed by atoms with van der Waals surface area (Å²) < 4.78 is 5.77.